The minimum atomic E-state index is -0.783. The van der Waals surface area contributed by atoms with Gasteiger partial charge in [-0.05, 0) is 49.9 Å². The van der Waals surface area contributed by atoms with Crippen LogP contribution in [-0.4, -0.2) is 36.6 Å². The van der Waals surface area contributed by atoms with E-state index in [4.69, 9.17) is 4.74 Å². The number of esters is 1. The molecule has 3 fully saturated rings. The predicted octanol–water partition coefficient (Wildman–Crippen LogP) is 3.63. The molecule has 3 nitrogen and oxygen atoms in total. The smallest absolute Gasteiger partial charge is 0.321 e. The Morgan fingerprint density at radius 1 is 0.960 bits per heavy atom. The lowest BCUT2D eigenvalue weighted by Crippen LogP contribution is -2.53. The van der Waals surface area contributed by atoms with E-state index in [1.165, 1.54) is 0 Å². The molecule has 0 aromatic heterocycles. The number of carbonyl (C=O) groups excluding carboxylic acids is 1. The van der Waals surface area contributed by atoms with Crippen molar-refractivity contribution in [1.29, 1.82) is 0 Å². The number of benzene rings is 2. The van der Waals surface area contributed by atoms with Crippen LogP contribution in [0.15, 0.2) is 60.7 Å². The Labute approximate surface area is 149 Å². The molecule has 3 heterocycles. The second-order valence-corrected chi connectivity index (χ2v) is 7.44. The van der Waals surface area contributed by atoms with Crippen molar-refractivity contribution in [2.75, 3.05) is 19.6 Å². The molecule has 0 N–H and O–H groups in total. The monoisotopic (exact) mass is 335 g/mol. The van der Waals surface area contributed by atoms with E-state index in [1.54, 1.807) is 0 Å². The van der Waals surface area contributed by atoms with E-state index in [2.05, 4.69) is 4.90 Å². The molecular weight excluding hydrogens is 310 g/mol. The maximum absolute atomic E-state index is 13.4. The van der Waals surface area contributed by atoms with Gasteiger partial charge in [0.25, 0.3) is 0 Å². The molecule has 2 aromatic rings. The van der Waals surface area contributed by atoms with E-state index in [1.807, 2.05) is 67.6 Å². The topological polar surface area (TPSA) is 29.5 Å². The molecular formula is C22H25NO2. The number of hydrogen-bond acceptors (Lipinski definition) is 3. The molecule has 3 heteroatoms. The van der Waals surface area contributed by atoms with Crippen molar-refractivity contribution < 1.29 is 9.53 Å². The van der Waals surface area contributed by atoms with Gasteiger partial charge in [0.1, 0.15) is 11.5 Å². The number of carbonyl (C=O) groups is 1. The van der Waals surface area contributed by atoms with Crippen molar-refractivity contribution >= 4 is 5.97 Å². The van der Waals surface area contributed by atoms with E-state index in [-0.39, 0.29) is 12.1 Å². The molecule has 3 saturated heterocycles. The van der Waals surface area contributed by atoms with Crippen molar-refractivity contribution in [3.05, 3.63) is 71.8 Å². The minimum Gasteiger partial charge on any atom is -0.460 e. The van der Waals surface area contributed by atoms with Gasteiger partial charge in [0, 0.05) is 6.54 Å². The quantitative estimate of drug-likeness (QED) is 0.799. The molecule has 0 aliphatic carbocycles. The van der Waals surface area contributed by atoms with Crippen molar-refractivity contribution in [3.8, 4) is 0 Å². The van der Waals surface area contributed by atoms with Gasteiger partial charge < -0.3 is 4.74 Å². The van der Waals surface area contributed by atoms with Crippen LogP contribution in [0.5, 0.6) is 0 Å². The van der Waals surface area contributed by atoms with Gasteiger partial charge in [-0.25, -0.2) is 0 Å². The van der Waals surface area contributed by atoms with Gasteiger partial charge in [-0.3, -0.25) is 9.69 Å². The summed E-state index contributed by atoms with van der Waals surface area (Å²) < 4.78 is 6.12. The first-order valence-electron chi connectivity index (χ1n) is 9.22. The summed E-state index contributed by atoms with van der Waals surface area (Å²) in [5.74, 6) is 0.383. The van der Waals surface area contributed by atoms with Crippen LogP contribution in [0.2, 0.25) is 0 Å². The molecule has 0 saturated carbocycles. The Balaban J connectivity index is 1.65. The fourth-order valence-corrected chi connectivity index (χ4v) is 4.25. The van der Waals surface area contributed by atoms with Gasteiger partial charge >= 0.3 is 5.97 Å². The summed E-state index contributed by atoms with van der Waals surface area (Å²) >= 11 is 0. The highest BCUT2D eigenvalue weighted by Crippen LogP contribution is 2.36. The summed E-state index contributed by atoms with van der Waals surface area (Å²) in [4.78, 5) is 15.8. The third-order valence-electron chi connectivity index (χ3n) is 5.97. The van der Waals surface area contributed by atoms with Crippen LogP contribution in [0, 0.1) is 5.92 Å². The highest BCUT2D eigenvalue weighted by molar-refractivity contribution is 5.87. The summed E-state index contributed by atoms with van der Waals surface area (Å²) in [6.07, 6.45) is 2.32. The van der Waals surface area contributed by atoms with Gasteiger partial charge in [0.2, 0.25) is 0 Å². The molecule has 0 amide bonds. The lowest BCUT2D eigenvalue weighted by molar-refractivity contribution is -0.163. The Kier molecular flexibility index (Phi) is 4.34. The zero-order valence-corrected chi connectivity index (χ0v) is 14.7. The minimum absolute atomic E-state index is 0.0294. The Bertz CT molecular complexity index is 681. The van der Waals surface area contributed by atoms with Crippen molar-refractivity contribution in [3.63, 3.8) is 0 Å². The third-order valence-corrected chi connectivity index (χ3v) is 5.97. The summed E-state index contributed by atoms with van der Waals surface area (Å²) in [5, 5.41) is 0. The zero-order chi connectivity index (χ0) is 17.3. The number of rotatable bonds is 4. The van der Waals surface area contributed by atoms with Crippen LogP contribution in [0.3, 0.4) is 0 Å². The Morgan fingerprint density at radius 2 is 1.48 bits per heavy atom. The average molecular weight is 335 g/mol. The predicted molar refractivity (Wildman–Crippen MR) is 98.4 cm³/mol. The van der Waals surface area contributed by atoms with Crippen LogP contribution >= 0.6 is 0 Å². The number of nitrogens with zero attached hydrogens (tertiary/aromatic N) is 1. The summed E-state index contributed by atoms with van der Waals surface area (Å²) in [7, 11) is 0. The van der Waals surface area contributed by atoms with E-state index < -0.39 is 5.41 Å². The fraction of sp³-hybridized carbons (Fsp3) is 0.409. The molecule has 3 aliphatic rings. The van der Waals surface area contributed by atoms with Crippen molar-refractivity contribution in [1.82, 2.24) is 4.90 Å². The maximum Gasteiger partial charge on any atom is 0.321 e. The van der Waals surface area contributed by atoms with Crippen LogP contribution in [0.1, 0.15) is 30.9 Å². The van der Waals surface area contributed by atoms with Gasteiger partial charge in [-0.2, -0.15) is 0 Å². The van der Waals surface area contributed by atoms with E-state index in [9.17, 15) is 4.79 Å². The van der Waals surface area contributed by atoms with Gasteiger partial charge in [-0.15, -0.1) is 0 Å². The summed E-state index contributed by atoms with van der Waals surface area (Å²) in [6.45, 7) is 5.16. The summed E-state index contributed by atoms with van der Waals surface area (Å²) in [5.41, 5.74) is 1.18. The average Bonchev–Trinajstić information content (AvgIpc) is 2.69. The highest BCUT2D eigenvalue weighted by atomic mass is 16.5. The molecule has 0 spiro atoms. The largest absolute Gasteiger partial charge is 0.460 e. The Hall–Kier alpha value is -2.13. The molecule has 1 atom stereocenters. The molecule has 5 rings (SSSR count). The van der Waals surface area contributed by atoms with Crippen LogP contribution in [0.25, 0.3) is 0 Å². The number of ether oxygens (including phenoxy) is 1. The van der Waals surface area contributed by atoms with Crippen LogP contribution in [0.4, 0.5) is 0 Å². The first-order chi connectivity index (χ1) is 12.2. The van der Waals surface area contributed by atoms with Gasteiger partial charge in [-0.1, -0.05) is 60.7 Å². The van der Waals surface area contributed by atoms with E-state index in [0.717, 1.165) is 43.6 Å². The molecule has 3 aliphatic heterocycles. The SMILES string of the molecule is CC(C(=O)O[C@H]1CN2CCC1CC2)(c1ccccc1)c1ccccc1. The molecule has 2 bridgehead atoms. The summed E-state index contributed by atoms with van der Waals surface area (Å²) in [6, 6.07) is 20.0. The van der Waals surface area contributed by atoms with Crippen molar-refractivity contribution in [2.45, 2.75) is 31.3 Å². The van der Waals surface area contributed by atoms with Crippen LogP contribution in [-0.2, 0) is 14.9 Å². The van der Waals surface area contributed by atoms with E-state index in [0.29, 0.717) is 5.92 Å². The van der Waals surface area contributed by atoms with Gasteiger partial charge in [0.05, 0.1) is 0 Å². The standard InChI is InChI=1S/C22H25NO2/c1-22(18-8-4-2-5-9-18,19-10-6-3-7-11-19)21(24)25-20-16-23-14-12-17(20)13-15-23/h2-11,17,20H,12-16H2,1H3/t20-/m0/s1. The fourth-order valence-electron chi connectivity index (χ4n) is 4.25. The zero-order valence-electron chi connectivity index (χ0n) is 14.7. The lowest BCUT2D eigenvalue weighted by Gasteiger charge is -2.45. The molecule has 2 aromatic carbocycles. The number of fused-ring (bicyclic) bond motifs is 3. The third kappa shape index (κ3) is 2.98. The highest BCUT2D eigenvalue weighted by Gasteiger charge is 2.43. The van der Waals surface area contributed by atoms with Crippen LogP contribution < -0.4 is 0 Å². The maximum atomic E-state index is 13.4. The first-order valence-corrected chi connectivity index (χ1v) is 9.22. The lowest BCUT2D eigenvalue weighted by atomic mass is 9.76. The van der Waals surface area contributed by atoms with E-state index >= 15 is 0 Å². The molecule has 130 valence electrons. The Morgan fingerprint density at radius 3 is 1.92 bits per heavy atom. The van der Waals surface area contributed by atoms with Crippen molar-refractivity contribution in [2.24, 2.45) is 5.92 Å². The second-order valence-electron chi connectivity index (χ2n) is 7.44. The number of hydrogen-bond donors (Lipinski definition) is 0. The number of piperidine rings is 3. The molecule has 0 unspecified atom stereocenters. The van der Waals surface area contributed by atoms with Gasteiger partial charge in [0.15, 0.2) is 0 Å². The first kappa shape index (κ1) is 16.3. The molecule has 0 radical (unpaired) electrons. The normalized spacial score (nSPS) is 25.6. The second kappa shape index (κ2) is 6.64. The molecule has 25 heavy (non-hydrogen) atoms.